The third kappa shape index (κ3) is 8.00. The lowest BCUT2D eigenvalue weighted by Gasteiger charge is -2.31. The third-order valence-corrected chi connectivity index (χ3v) is 4.57. The van der Waals surface area contributed by atoms with E-state index in [0.29, 0.717) is 17.5 Å². The van der Waals surface area contributed by atoms with Gasteiger partial charge in [-0.2, -0.15) is 0 Å². The highest BCUT2D eigenvalue weighted by Crippen LogP contribution is 2.17. The van der Waals surface area contributed by atoms with Gasteiger partial charge in [0.25, 0.3) is 0 Å². The van der Waals surface area contributed by atoms with Gasteiger partial charge in [0.2, 0.25) is 0 Å². The predicted molar refractivity (Wildman–Crippen MR) is 117 cm³/mol. The molecule has 0 aromatic heterocycles. The molecule has 2 rings (SSSR count). The Labute approximate surface area is 173 Å². The summed E-state index contributed by atoms with van der Waals surface area (Å²) >= 11 is 5.96. The number of nitrogens with zero attached hydrogens (tertiary/aromatic N) is 3. The average Bonchev–Trinajstić information content (AvgIpc) is 2.55. The van der Waals surface area contributed by atoms with Gasteiger partial charge in [-0.1, -0.05) is 17.7 Å². The van der Waals surface area contributed by atoms with E-state index in [1.165, 1.54) is 19.4 Å². The minimum atomic E-state index is 0. The number of aliphatic imine (C=N–C) groups is 1. The summed E-state index contributed by atoms with van der Waals surface area (Å²) in [7, 11) is 6.05. The Morgan fingerprint density at radius 2 is 2.28 bits per heavy atom. The molecule has 1 fully saturated rings. The summed E-state index contributed by atoms with van der Waals surface area (Å²) in [6, 6.07) is 7.48. The second kappa shape index (κ2) is 11.8. The Morgan fingerprint density at radius 1 is 1.48 bits per heavy atom. The molecular formula is C18H30ClIN4O. The smallest absolute Gasteiger partial charge is 0.193 e. The fraction of sp³-hybridized carbons (Fsp3) is 0.611. The van der Waals surface area contributed by atoms with E-state index < -0.39 is 0 Å². The van der Waals surface area contributed by atoms with E-state index in [1.807, 2.05) is 38.4 Å². The number of hydrogen-bond donors (Lipinski definition) is 1. The molecule has 1 aliphatic heterocycles. The van der Waals surface area contributed by atoms with Crippen LogP contribution in [0.3, 0.4) is 0 Å². The number of piperidine rings is 1. The summed E-state index contributed by atoms with van der Waals surface area (Å²) in [6.45, 7) is 4.69. The molecule has 1 heterocycles. The van der Waals surface area contributed by atoms with E-state index in [9.17, 15) is 0 Å². The van der Waals surface area contributed by atoms with Crippen molar-refractivity contribution in [2.45, 2.75) is 12.8 Å². The number of rotatable bonds is 6. The lowest BCUT2D eigenvalue weighted by Crippen LogP contribution is -2.45. The van der Waals surface area contributed by atoms with Gasteiger partial charge < -0.3 is 19.9 Å². The second-order valence-corrected chi connectivity index (χ2v) is 6.86. The topological polar surface area (TPSA) is 40.1 Å². The first-order chi connectivity index (χ1) is 11.6. The van der Waals surface area contributed by atoms with Crippen LogP contribution in [-0.4, -0.2) is 69.7 Å². The Balaban J connectivity index is 0.00000312. The van der Waals surface area contributed by atoms with Crippen molar-refractivity contribution in [3.63, 3.8) is 0 Å². The van der Waals surface area contributed by atoms with Gasteiger partial charge in [0.05, 0.1) is 6.54 Å². The Hall–Kier alpha value is -0.730. The summed E-state index contributed by atoms with van der Waals surface area (Å²) in [5.74, 6) is 2.40. The zero-order valence-corrected chi connectivity index (χ0v) is 18.5. The highest BCUT2D eigenvalue weighted by atomic mass is 127. The molecule has 1 saturated heterocycles. The van der Waals surface area contributed by atoms with Gasteiger partial charge in [0.1, 0.15) is 12.4 Å². The van der Waals surface area contributed by atoms with Crippen molar-refractivity contribution in [1.82, 2.24) is 15.1 Å². The van der Waals surface area contributed by atoms with E-state index in [1.54, 1.807) is 0 Å². The van der Waals surface area contributed by atoms with Crippen LogP contribution in [0.15, 0.2) is 29.3 Å². The first kappa shape index (κ1) is 22.3. The van der Waals surface area contributed by atoms with E-state index >= 15 is 0 Å². The van der Waals surface area contributed by atoms with Crippen molar-refractivity contribution >= 4 is 41.5 Å². The van der Waals surface area contributed by atoms with Crippen LogP contribution in [0.2, 0.25) is 5.02 Å². The highest BCUT2D eigenvalue weighted by molar-refractivity contribution is 14.0. The zero-order chi connectivity index (χ0) is 17.4. The minimum absolute atomic E-state index is 0. The highest BCUT2D eigenvalue weighted by Gasteiger charge is 2.17. The molecule has 7 heteroatoms. The van der Waals surface area contributed by atoms with Crippen LogP contribution in [-0.2, 0) is 0 Å². The van der Waals surface area contributed by atoms with E-state index in [-0.39, 0.29) is 24.0 Å². The lowest BCUT2D eigenvalue weighted by molar-refractivity contribution is 0.209. The number of hydrogen-bond acceptors (Lipinski definition) is 3. The Kier molecular flexibility index (Phi) is 10.5. The molecule has 0 radical (unpaired) electrons. The standard InChI is InChI=1S/C18H29ClN4O.HI/c1-20-18(21-13-15-6-5-9-22(2)14-15)23(3)10-11-24-17-8-4-7-16(19)12-17;/h4,7-8,12,15H,5-6,9-11,13-14H2,1-3H3,(H,20,21);1H. The quantitative estimate of drug-likeness (QED) is 0.386. The van der Waals surface area contributed by atoms with Crippen LogP contribution < -0.4 is 10.1 Å². The van der Waals surface area contributed by atoms with Crippen molar-refractivity contribution in [3.05, 3.63) is 29.3 Å². The number of likely N-dealkylation sites (N-methyl/N-ethyl adjacent to an activating group) is 1. The van der Waals surface area contributed by atoms with Crippen LogP contribution in [0.5, 0.6) is 5.75 Å². The van der Waals surface area contributed by atoms with Crippen molar-refractivity contribution < 1.29 is 4.74 Å². The minimum Gasteiger partial charge on any atom is -0.492 e. The molecule has 0 bridgehead atoms. The molecule has 1 atom stereocenters. The maximum Gasteiger partial charge on any atom is 0.193 e. The molecule has 142 valence electrons. The van der Waals surface area contributed by atoms with Crippen LogP contribution in [0.1, 0.15) is 12.8 Å². The Bertz CT molecular complexity index is 544. The van der Waals surface area contributed by atoms with E-state index in [0.717, 1.165) is 31.3 Å². The maximum absolute atomic E-state index is 5.96. The normalized spacial score (nSPS) is 18.4. The molecule has 5 nitrogen and oxygen atoms in total. The number of nitrogens with one attached hydrogen (secondary N) is 1. The van der Waals surface area contributed by atoms with Gasteiger partial charge in [-0.3, -0.25) is 4.99 Å². The van der Waals surface area contributed by atoms with Crippen LogP contribution in [0.25, 0.3) is 0 Å². The van der Waals surface area contributed by atoms with Gasteiger partial charge in [-0.15, -0.1) is 24.0 Å². The Morgan fingerprint density at radius 3 is 2.96 bits per heavy atom. The molecule has 1 N–H and O–H groups in total. The number of halogens is 2. The van der Waals surface area contributed by atoms with Gasteiger partial charge >= 0.3 is 0 Å². The fourth-order valence-corrected chi connectivity index (χ4v) is 3.20. The third-order valence-electron chi connectivity index (χ3n) is 4.34. The van der Waals surface area contributed by atoms with E-state index in [4.69, 9.17) is 16.3 Å². The summed E-state index contributed by atoms with van der Waals surface area (Å²) in [6.07, 6.45) is 2.57. The van der Waals surface area contributed by atoms with Crippen LogP contribution in [0, 0.1) is 5.92 Å². The molecule has 1 aromatic carbocycles. The second-order valence-electron chi connectivity index (χ2n) is 6.43. The number of benzene rings is 1. The fourth-order valence-electron chi connectivity index (χ4n) is 3.02. The monoisotopic (exact) mass is 480 g/mol. The molecule has 1 aromatic rings. The maximum atomic E-state index is 5.96. The molecule has 0 spiro atoms. The van der Waals surface area contributed by atoms with Crippen LogP contribution in [0.4, 0.5) is 0 Å². The van der Waals surface area contributed by atoms with Crippen molar-refractivity contribution in [3.8, 4) is 5.75 Å². The van der Waals surface area contributed by atoms with Crippen LogP contribution >= 0.6 is 35.6 Å². The average molecular weight is 481 g/mol. The summed E-state index contributed by atoms with van der Waals surface area (Å²) in [5, 5.41) is 4.18. The summed E-state index contributed by atoms with van der Waals surface area (Å²) in [5.41, 5.74) is 0. The van der Waals surface area contributed by atoms with Gasteiger partial charge in [0, 0.05) is 32.2 Å². The molecule has 0 saturated carbocycles. The number of ether oxygens (including phenoxy) is 1. The SMILES string of the molecule is CN=C(NCC1CCCN(C)C1)N(C)CCOc1cccc(Cl)c1.I. The zero-order valence-electron chi connectivity index (χ0n) is 15.4. The van der Waals surface area contributed by atoms with Crippen molar-refractivity contribution in [1.29, 1.82) is 0 Å². The number of guanidine groups is 1. The molecule has 0 amide bonds. The van der Waals surface area contributed by atoms with Gasteiger partial charge in [0.15, 0.2) is 5.96 Å². The summed E-state index contributed by atoms with van der Waals surface area (Å²) < 4.78 is 5.75. The molecule has 25 heavy (non-hydrogen) atoms. The first-order valence-corrected chi connectivity index (χ1v) is 8.95. The van der Waals surface area contributed by atoms with E-state index in [2.05, 4.69) is 27.2 Å². The molecule has 0 aliphatic carbocycles. The number of likely N-dealkylation sites (tertiary alicyclic amines) is 1. The van der Waals surface area contributed by atoms with Gasteiger partial charge in [-0.05, 0) is 50.6 Å². The van der Waals surface area contributed by atoms with Gasteiger partial charge in [-0.25, -0.2) is 0 Å². The summed E-state index contributed by atoms with van der Waals surface area (Å²) in [4.78, 5) is 8.87. The molecule has 1 unspecified atom stereocenters. The largest absolute Gasteiger partial charge is 0.492 e. The first-order valence-electron chi connectivity index (χ1n) is 8.57. The molecule has 1 aliphatic rings. The lowest BCUT2D eigenvalue weighted by atomic mass is 9.99. The van der Waals surface area contributed by atoms with Crippen molar-refractivity contribution in [2.24, 2.45) is 10.9 Å². The molecular weight excluding hydrogens is 451 g/mol. The predicted octanol–water partition coefficient (Wildman–Crippen LogP) is 3.19. The van der Waals surface area contributed by atoms with Crippen molar-refractivity contribution in [2.75, 3.05) is 53.9 Å².